The summed E-state index contributed by atoms with van der Waals surface area (Å²) in [5, 5.41) is 0. The molecule has 2 aromatic carbocycles. The molecule has 0 spiro atoms. The van der Waals surface area contributed by atoms with Crippen molar-refractivity contribution in [2.75, 3.05) is 0 Å². The van der Waals surface area contributed by atoms with E-state index in [9.17, 15) is 9.59 Å². The van der Waals surface area contributed by atoms with Gasteiger partial charge < -0.3 is 4.74 Å². The summed E-state index contributed by atoms with van der Waals surface area (Å²) >= 11 is 0. The summed E-state index contributed by atoms with van der Waals surface area (Å²) in [6.07, 6.45) is 0. The van der Waals surface area contributed by atoms with Gasteiger partial charge in [0, 0.05) is 11.1 Å². The second kappa shape index (κ2) is 3.44. The maximum absolute atomic E-state index is 12.9. The normalized spacial score (nSPS) is 30.6. The predicted molar refractivity (Wildman–Crippen MR) is 72.7 cm³/mol. The van der Waals surface area contributed by atoms with Crippen LogP contribution in [0.25, 0.3) is 0 Å². The zero-order valence-electron chi connectivity index (χ0n) is 10.9. The summed E-state index contributed by atoms with van der Waals surface area (Å²) < 4.78 is 5.75. The SMILES string of the molecule is CC12OC1(c1ccccc1)C(=O)c1ccccc1C2=O. The topological polar surface area (TPSA) is 46.7 Å². The molecule has 0 saturated carbocycles. The van der Waals surface area contributed by atoms with Crippen molar-refractivity contribution >= 4 is 11.6 Å². The van der Waals surface area contributed by atoms with Gasteiger partial charge in [-0.05, 0) is 12.5 Å². The molecule has 0 bridgehead atoms. The van der Waals surface area contributed by atoms with Gasteiger partial charge in [0.2, 0.25) is 5.78 Å². The number of epoxide rings is 1. The molecule has 0 N–H and O–H groups in total. The third-order valence-corrected chi connectivity index (χ3v) is 4.34. The Bertz CT molecular complexity index is 750. The second-order valence-corrected chi connectivity index (χ2v) is 5.39. The Labute approximate surface area is 116 Å². The Morgan fingerprint density at radius 3 is 2.00 bits per heavy atom. The van der Waals surface area contributed by atoms with Crippen LogP contribution >= 0.6 is 0 Å². The van der Waals surface area contributed by atoms with Crippen molar-refractivity contribution in [1.82, 2.24) is 0 Å². The maximum Gasteiger partial charge on any atom is 0.203 e. The zero-order chi connectivity index (χ0) is 14.0. The van der Waals surface area contributed by atoms with Gasteiger partial charge in [-0.2, -0.15) is 0 Å². The van der Waals surface area contributed by atoms with Crippen molar-refractivity contribution < 1.29 is 14.3 Å². The highest BCUT2D eigenvalue weighted by molar-refractivity contribution is 6.25. The maximum atomic E-state index is 12.9. The van der Waals surface area contributed by atoms with E-state index >= 15 is 0 Å². The fraction of sp³-hybridized carbons (Fsp3) is 0.176. The van der Waals surface area contributed by atoms with Gasteiger partial charge in [0.1, 0.15) is 0 Å². The van der Waals surface area contributed by atoms with E-state index in [0.717, 1.165) is 5.56 Å². The van der Waals surface area contributed by atoms with Crippen LogP contribution in [-0.4, -0.2) is 17.2 Å². The molecular formula is C17H12O3. The number of benzene rings is 2. The van der Waals surface area contributed by atoms with Crippen molar-refractivity contribution in [3.63, 3.8) is 0 Å². The number of ether oxygens (including phenoxy) is 1. The first-order chi connectivity index (χ1) is 9.61. The molecule has 20 heavy (non-hydrogen) atoms. The van der Waals surface area contributed by atoms with Crippen LogP contribution in [0.2, 0.25) is 0 Å². The molecule has 2 aromatic rings. The third-order valence-electron chi connectivity index (χ3n) is 4.34. The molecule has 0 aromatic heterocycles. The van der Waals surface area contributed by atoms with Crippen LogP contribution in [0.1, 0.15) is 33.2 Å². The van der Waals surface area contributed by atoms with Crippen LogP contribution in [0.3, 0.4) is 0 Å². The minimum absolute atomic E-state index is 0.114. The van der Waals surface area contributed by atoms with E-state index < -0.39 is 11.2 Å². The predicted octanol–water partition coefficient (Wildman–Crippen LogP) is 2.75. The number of rotatable bonds is 1. The van der Waals surface area contributed by atoms with Gasteiger partial charge >= 0.3 is 0 Å². The Balaban J connectivity index is 1.99. The standard InChI is InChI=1S/C17H12O3/c1-16-14(18)12-9-5-6-10-13(12)15(19)17(16,20-16)11-7-3-2-4-8-11/h2-10H,1H3. The van der Waals surface area contributed by atoms with Gasteiger partial charge in [0.25, 0.3) is 0 Å². The van der Waals surface area contributed by atoms with Crippen molar-refractivity contribution in [2.45, 2.75) is 18.1 Å². The molecule has 2 unspecified atom stereocenters. The highest BCUT2D eigenvalue weighted by Crippen LogP contribution is 2.61. The highest BCUT2D eigenvalue weighted by atomic mass is 16.6. The summed E-state index contributed by atoms with van der Waals surface area (Å²) in [6.45, 7) is 1.70. The molecule has 1 heterocycles. The van der Waals surface area contributed by atoms with Crippen molar-refractivity contribution in [3.8, 4) is 0 Å². The molecule has 4 rings (SSSR count). The first-order valence-electron chi connectivity index (χ1n) is 6.55. The Hall–Kier alpha value is -2.26. The Morgan fingerprint density at radius 2 is 1.35 bits per heavy atom. The van der Waals surface area contributed by atoms with Crippen LogP contribution in [0.15, 0.2) is 54.6 Å². The average Bonchev–Trinajstić information content (AvgIpc) is 3.16. The van der Waals surface area contributed by atoms with E-state index in [4.69, 9.17) is 4.74 Å². The van der Waals surface area contributed by atoms with Gasteiger partial charge in [-0.3, -0.25) is 9.59 Å². The number of carbonyl (C=O) groups is 2. The molecule has 1 fully saturated rings. The van der Waals surface area contributed by atoms with Crippen molar-refractivity contribution in [3.05, 3.63) is 71.3 Å². The number of ketones is 2. The van der Waals surface area contributed by atoms with Crippen LogP contribution in [-0.2, 0) is 10.3 Å². The zero-order valence-corrected chi connectivity index (χ0v) is 10.9. The third kappa shape index (κ3) is 1.10. The van der Waals surface area contributed by atoms with Crippen LogP contribution < -0.4 is 0 Å². The molecular weight excluding hydrogens is 252 g/mol. The van der Waals surface area contributed by atoms with Gasteiger partial charge in [-0.15, -0.1) is 0 Å². The van der Waals surface area contributed by atoms with Crippen LogP contribution in [0.4, 0.5) is 0 Å². The highest BCUT2D eigenvalue weighted by Gasteiger charge is 2.78. The molecule has 0 amide bonds. The lowest BCUT2D eigenvalue weighted by Crippen LogP contribution is -2.41. The monoisotopic (exact) mass is 264 g/mol. The fourth-order valence-corrected chi connectivity index (χ4v) is 3.21. The fourth-order valence-electron chi connectivity index (χ4n) is 3.21. The lowest BCUT2D eigenvalue weighted by molar-refractivity contribution is 0.0844. The molecule has 0 radical (unpaired) electrons. The Kier molecular flexibility index (Phi) is 1.99. The molecule has 98 valence electrons. The summed E-state index contributed by atoms with van der Waals surface area (Å²) in [6, 6.07) is 16.2. The largest absolute Gasteiger partial charge is 0.340 e. The summed E-state index contributed by atoms with van der Waals surface area (Å²) in [7, 11) is 0. The molecule has 3 heteroatoms. The number of hydrogen-bond donors (Lipinski definition) is 0. The molecule has 3 nitrogen and oxygen atoms in total. The first kappa shape index (κ1) is 11.6. The molecule has 2 atom stereocenters. The smallest absolute Gasteiger partial charge is 0.203 e. The van der Waals surface area contributed by atoms with Gasteiger partial charge in [-0.25, -0.2) is 0 Å². The summed E-state index contributed by atoms with van der Waals surface area (Å²) in [5.41, 5.74) is -0.546. The van der Waals surface area contributed by atoms with Gasteiger partial charge in [-0.1, -0.05) is 54.6 Å². The lowest BCUT2D eigenvalue weighted by atomic mass is 9.72. The van der Waals surface area contributed by atoms with E-state index in [2.05, 4.69) is 0 Å². The quantitative estimate of drug-likeness (QED) is 0.744. The summed E-state index contributed by atoms with van der Waals surface area (Å²) in [4.78, 5) is 25.5. The molecule has 2 aliphatic rings. The Morgan fingerprint density at radius 1 is 0.800 bits per heavy atom. The minimum atomic E-state index is -1.14. The molecule has 1 aliphatic heterocycles. The minimum Gasteiger partial charge on any atom is -0.340 e. The van der Waals surface area contributed by atoms with E-state index in [-0.39, 0.29) is 11.6 Å². The number of fused-ring (bicyclic) bond motifs is 2. The van der Waals surface area contributed by atoms with Gasteiger partial charge in [0.05, 0.1) is 0 Å². The van der Waals surface area contributed by atoms with E-state index in [1.54, 1.807) is 31.2 Å². The number of carbonyl (C=O) groups excluding carboxylic acids is 2. The van der Waals surface area contributed by atoms with Crippen LogP contribution in [0.5, 0.6) is 0 Å². The molecule has 1 saturated heterocycles. The molecule has 1 aliphatic carbocycles. The first-order valence-corrected chi connectivity index (χ1v) is 6.55. The number of hydrogen-bond acceptors (Lipinski definition) is 3. The van der Waals surface area contributed by atoms with E-state index in [1.165, 1.54) is 0 Å². The van der Waals surface area contributed by atoms with E-state index in [0.29, 0.717) is 11.1 Å². The van der Waals surface area contributed by atoms with Crippen LogP contribution in [0, 0.1) is 0 Å². The average molecular weight is 264 g/mol. The lowest BCUT2D eigenvalue weighted by Gasteiger charge is -2.22. The van der Waals surface area contributed by atoms with Crippen molar-refractivity contribution in [2.24, 2.45) is 0 Å². The second-order valence-electron chi connectivity index (χ2n) is 5.39. The summed E-state index contributed by atoms with van der Waals surface area (Å²) in [5.74, 6) is -0.238. The van der Waals surface area contributed by atoms with E-state index in [1.807, 2.05) is 30.3 Å². The van der Waals surface area contributed by atoms with Crippen molar-refractivity contribution in [1.29, 1.82) is 0 Å². The van der Waals surface area contributed by atoms with Gasteiger partial charge in [0.15, 0.2) is 17.0 Å². The number of Topliss-reactive ketones (excluding diaryl/α,β-unsaturated/α-hetero) is 2.